The summed E-state index contributed by atoms with van der Waals surface area (Å²) in [5.74, 6) is -0.297. The van der Waals surface area contributed by atoms with Crippen molar-refractivity contribution in [3.63, 3.8) is 0 Å². The molecule has 0 radical (unpaired) electrons. The lowest BCUT2D eigenvalue weighted by Gasteiger charge is -2.06. The van der Waals surface area contributed by atoms with Gasteiger partial charge in [0.2, 0.25) is 0 Å². The first kappa shape index (κ1) is 16.0. The summed E-state index contributed by atoms with van der Waals surface area (Å²) < 4.78 is 3.10. The maximum Gasteiger partial charge on any atom is 0.276 e. The van der Waals surface area contributed by atoms with Crippen molar-refractivity contribution >= 4 is 22.5 Å². The molecule has 7 nitrogen and oxygen atoms in total. The lowest BCUT2D eigenvalue weighted by atomic mass is 10.2. The highest BCUT2D eigenvalue weighted by Gasteiger charge is 2.15. The number of aromatic nitrogens is 4. The van der Waals surface area contributed by atoms with E-state index in [0.717, 1.165) is 16.6 Å². The molecular weight excluding hydrogens is 330 g/mol. The number of fused-ring (bicyclic) bond motifs is 3. The third kappa shape index (κ3) is 2.73. The Balaban J connectivity index is 1.63. The number of benzene rings is 1. The second-order valence-corrected chi connectivity index (χ2v) is 6.04. The van der Waals surface area contributed by atoms with Crippen LogP contribution in [0.2, 0.25) is 0 Å². The van der Waals surface area contributed by atoms with Gasteiger partial charge < -0.3 is 9.88 Å². The molecule has 0 unspecified atom stereocenters. The number of pyridine rings is 1. The molecule has 26 heavy (non-hydrogen) atoms. The van der Waals surface area contributed by atoms with Crippen LogP contribution in [0.5, 0.6) is 0 Å². The van der Waals surface area contributed by atoms with E-state index in [9.17, 15) is 9.59 Å². The van der Waals surface area contributed by atoms with E-state index in [4.69, 9.17) is 0 Å². The van der Waals surface area contributed by atoms with Gasteiger partial charge >= 0.3 is 0 Å². The molecule has 4 rings (SSSR count). The van der Waals surface area contributed by atoms with Crippen LogP contribution < -0.4 is 10.9 Å². The zero-order chi connectivity index (χ0) is 18.1. The smallest absolute Gasteiger partial charge is 0.276 e. The summed E-state index contributed by atoms with van der Waals surface area (Å²) in [5, 5.41) is 7.20. The van der Waals surface area contributed by atoms with E-state index in [-0.39, 0.29) is 17.2 Å². The third-order valence-electron chi connectivity index (χ3n) is 4.39. The molecule has 4 aromatic rings. The van der Waals surface area contributed by atoms with Gasteiger partial charge in [-0.2, -0.15) is 5.10 Å². The fourth-order valence-electron chi connectivity index (χ4n) is 3.00. The summed E-state index contributed by atoms with van der Waals surface area (Å²) in [6.45, 7) is 0.482. The molecular formula is C19H17N5O2. The number of nitrogens with zero attached hydrogens (tertiary/aromatic N) is 4. The summed E-state index contributed by atoms with van der Waals surface area (Å²) in [4.78, 5) is 28.9. The lowest BCUT2D eigenvalue weighted by molar-refractivity contribution is 0.0949. The van der Waals surface area contributed by atoms with Gasteiger partial charge in [0.15, 0.2) is 5.69 Å². The van der Waals surface area contributed by atoms with Crippen molar-refractivity contribution in [3.8, 4) is 0 Å². The Kier molecular flexibility index (Phi) is 3.96. The summed E-state index contributed by atoms with van der Waals surface area (Å²) in [6, 6.07) is 12.8. The minimum Gasteiger partial charge on any atom is -0.350 e. The van der Waals surface area contributed by atoms with Crippen LogP contribution in [0.3, 0.4) is 0 Å². The molecule has 0 atom stereocenters. The molecule has 0 fully saturated rings. The highest BCUT2D eigenvalue weighted by atomic mass is 16.2. The van der Waals surface area contributed by atoms with Gasteiger partial charge in [0.25, 0.3) is 11.5 Å². The topological polar surface area (TPSA) is 81.3 Å². The number of carbonyl (C=O) groups is 1. The molecule has 3 heterocycles. The normalized spacial score (nSPS) is 11.1. The molecule has 7 heteroatoms. The Bertz CT molecular complexity index is 1160. The first-order chi connectivity index (χ1) is 12.6. The molecule has 1 amide bonds. The van der Waals surface area contributed by atoms with Crippen LogP contribution in [0, 0.1) is 0 Å². The number of rotatable bonds is 4. The monoisotopic (exact) mass is 347 g/mol. The first-order valence-electron chi connectivity index (χ1n) is 8.30. The van der Waals surface area contributed by atoms with E-state index >= 15 is 0 Å². The zero-order valence-corrected chi connectivity index (χ0v) is 14.2. The van der Waals surface area contributed by atoms with Gasteiger partial charge in [0.05, 0.1) is 11.0 Å². The van der Waals surface area contributed by atoms with Crippen LogP contribution in [0.15, 0.2) is 59.7 Å². The fourth-order valence-corrected chi connectivity index (χ4v) is 3.00. The number of hydrogen-bond acceptors (Lipinski definition) is 4. The van der Waals surface area contributed by atoms with E-state index in [1.165, 1.54) is 10.6 Å². The minimum absolute atomic E-state index is 0.188. The molecule has 0 bridgehead atoms. The number of carbonyl (C=O) groups excluding carboxylic acids is 1. The zero-order valence-electron chi connectivity index (χ0n) is 14.2. The summed E-state index contributed by atoms with van der Waals surface area (Å²) in [6.07, 6.45) is 4.15. The quantitative estimate of drug-likeness (QED) is 0.607. The molecule has 0 spiro atoms. The maximum atomic E-state index is 12.5. The molecule has 0 aliphatic carbocycles. The van der Waals surface area contributed by atoms with Crippen molar-refractivity contribution in [2.24, 2.45) is 7.05 Å². The molecule has 1 aromatic carbocycles. The van der Waals surface area contributed by atoms with Gasteiger partial charge in [-0.05, 0) is 36.2 Å². The second kappa shape index (κ2) is 6.44. The van der Waals surface area contributed by atoms with Gasteiger partial charge in [-0.15, -0.1) is 0 Å². The number of para-hydroxylation sites is 2. The summed E-state index contributed by atoms with van der Waals surface area (Å²) in [5.41, 5.74) is 3.05. The average Bonchev–Trinajstić information content (AvgIpc) is 3.13. The Morgan fingerprint density at radius 2 is 1.81 bits per heavy atom. The van der Waals surface area contributed by atoms with E-state index in [1.54, 1.807) is 24.0 Å². The summed E-state index contributed by atoms with van der Waals surface area (Å²) in [7, 11) is 1.71. The van der Waals surface area contributed by atoms with Crippen molar-refractivity contribution < 1.29 is 4.79 Å². The predicted molar refractivity (Wildman–Crippen MR) is 98.2 cm³/mol. The number of aryl methyl sites for hydroxylation is 1. The van der Waals surface area contributed by atoms with E-state index in [1.807, 2.05) is 36.4 Å². The molecule has 0 aliphatic rings. The van der Waals surface area contributed by atoms with Crippen LogP contribution in [0.1, 0.15) is 16.1 Å². The van der Waals surface area contributed by atoms with Crippen molar-refractivity contribution in [3.05, 3.63) is 76.5 Å². The van der Waals surface area contributed by atoms with Crippen molar-refractivity contribution in [2.75, 3.05) is 6.54 Å². The largest absolute Gasteiger partial charge is 0.350 e. The summed E-state index contributed by atoms with van der Waals surface area (Å²) >= 11 is 0. The molecule has 130 valence electrons. The Morgan fingerprint density at radius 1 is 1.08 bits per heavy atom. The molecule has 1 N–H and O–H groups in total. The predicted octanol–water partition coefficient (Wildman–Crippen LogP) is 1.55. The third-order valence-corrected chi connectivity index (χ3v) is 4.39. The molecule has 0 saturated carbocycles. The van der Waals surface area contributed by atoms with Gasteiger partial charge in [0.1, 0.15) is 5.52 Å². The molecule has 0 aliphatic heterocycles. The van der Waals surface area contributed by atoms with Crippen LogP contribution in [0.4, 0.5) is 0 Å². The molecule has 3 aromatic heterocycles. The Morgan fingerprint density at radius 3 is 2.58 bits per heavy atom. The maximum absolute atomic E-state index is 12.5. The van der Waals surface area contributed by atoms with Crippen molar-refractivity contribution in [2.45, 2.75) is 6.42 Å². The van der Waals surface area contributed by atoms with Gasteiger partial charge in [-0.25, -0.2) is 4.52 Å². The lowest BCUT2D eigenvalue weighted by Crippen LogP contribution is -2.26. The van der Waals surface area contributed by atoms with Gasteiger partial charge in [0, 0.05) is 32.1 Å². The minimum atomic E-state index is -0.297. The average molecular weight is 347 g/mol. The van der Waals surface area contributed by atoms with Crippen LogP contribution >= 0.6 is 0 Å². The van der Waals surface area contributed by atoms with Gasteiger partial charge in [-0.1, -0.05) is 12.1 Å². The fraction of sp³-hybridized carbons (Fsp3) is 0.158. The van der Waals surface area contributed by atoms with Crippen LogP contribution in [-0.2, 0) is 13.5 Å². The van der Waals surface area contributed by atoms with Crippen molar-refractivity contribution in [1.29, 1.82) is 0 Å². The first-order valence-corrected chi connectivity index (χ1v) is 8.30. The Labute approximate surface area is 148 Å². The van der Waals surface area contributed by atoms with E-state index in [2.05, 4.69) is 15.4 Å². The second-order valence-electron chi connectivity index (χ2n) is 6.04. The number of hydrogen-bond donors (Lipinski definition) is 1. The van der Waals surface area contributed by atoms with Crippen molar-refractivity contribution in [1.82, 2.24) is 24.5 Å². The molecule has 0 saturated heterocycles. The van der Waals surface area contributed by atoms with E-state index in [0.29, 0.717) is 18.5 Å². The standard InChI is InChI=1S/C19H17N5O2/c1-23-15-4-2-3-5-16(15)24-17(19(23)26)12-14(22-24)18(25)21-11-8-13-6-9-20-10-7-13/h2-7,9-10,12H,8,11H2,1H3,(H,21,25). The highest BCUT2D eigenvalue weighted by Crippen LogP contribution is 2.14. The van der Waals surface area contributed by atoms with E-state index < -0.39 is 0 Å². The van der Waals surface area contributed by atoms with Crippen LogP contribution in [0.25, 0.3) is 16.6 Å². The number of nitrogens with one attached hydrogen (secondary N) is 1. The Hall–Kier alpha value is -3.48. The SMILES string of the molecule is Cn1c(=O)c2cc(C(=O)NCCc3ccncc3)nn2c2ccccc21. The van der Waals surface area contributed by atoms with Crippen LogP contribution in [-0.4, -0.2) is 31.6 Å². The number of amides is 1. The van der Waals surface area contributed by atoms with Gasteiger partial charge in [-0.3, -0.25) is 14.6 Å². The highest BCUT2D eigenvalue weighted by molar-refractivity contribution is 5.94.